The van der Waals surface area contributed by atoms with Crippen LogP contribution in [0.4, 0.5) is 0 Å². The first-order valence-corrected chi connectivity index (χ1v) is 19.8. The molecule has 4 aromatic heterocycles. The summed E-state index contributed by atoms with van der Waals surface area (Å²) < 4.78 is 11.7. The number of nitrogens with zero attached hydrogens (tertiary/aromatic N) is 4. The normalized spacial score (nSPS) is 11.9. The van der Waals surface area contributed by atoms with E-state index in [-0.39, 0.29) is 0 Å². The lowest BCUT2D eigenvalue weighted by molar-refractivity contribution is 0.666. The van der Waals surface area contributed by atoms with Gasteiger partial charge in [0.25, 0.3) is 0 Å². The second-order valence-electron chi connectivity index (χ2n) is 14.3. The van der Waals surface area contributed by atoms with Crippen molar-refractivity contribution in [2.45, 2.75) is 0 Å². The Morgan fingerprint density at radius 2 is 0.965 bits per heavy atom. The maximum Gasteiger partial charge on any atom is 0.164 e. The molecule has 0 radical (unpaired) electrons. The van der Waals surface area contributed by atoms with Crippen LogP contribution in [0.15, 0.2) is 186 Å². The Labute approximate surface area is 330 Å². The van der Waals surface area contributed by atoms with Gasteiger partial charge < -0.3 is 8.98 Å². The Bertz CT molecular complexity index is 3420. The van der Waals surface area contributed by atoms with Crippen LogP contribution < -0.4 is 0 Å². The topological polar surface area (TPSA) is 56.7 Å². The minimum absolute atomic E-state index is 0.641. The molecule has 8 aromatic carbocycles. The summed E-state index contributed by atoms with van der Waals surface area (Å²) in [5.74, 6) is 1.94. The summed E-state index contributed by atoms with van der Waals surface area (Å²) in [6.45, 7) is 0. The molecule has 12 aromatic rings. The van der Waals surface area contributed by atoms with Gasteiger partial charge in [0, 0.05) is 58.4 Å². The predicted octanol–water partition coefficient (Wildman–Crippen LogP) is 13.9. The monoisotopic (exact) mass is 746 g/mol. The van der Waals surface area contributed by atoms with Gasteiger partial charge in [-0.1, -0.05) is 133 Å². The minimum Gasteiger partial charge on any atom is -0.454 e. The van der Waals surface area contributed by atoms with E-state index >= 15 is 0 Å². The Hall–Kier alpha value is -7.41. The molecule has 4 heterocycles. The van der Waals surface area contributed by atoms with Crippen LogP contribution in [-0.4, -0.2) is 19.5 Å². The minimum atomic E-state index is 0.641. The van der Waals surface area contributed by atoms with Gasteiger partial charge in [0.05, 0.1) is 16.7 Å². The van der Waals surface area contributed by atoms with Crippen molar-refractivity contribution in [1.29, 1.82) is 0 Å². The molecule has 0 amide bonds. The van der Waals surface area contributed by atoms with E-state index in [1.807, 2.05) is 72.0 Å². The first-order valence-electron chi connectivity index (χ1n) is 19.0. The summed E-state index contributed by atoms with van der Waals surface area (Å²) in [4.78, 5) is 15.0. The smallest absolute Gasteiger partial charge is 0.164 e. The molecule has 57 heavy (non-hydrogen) atoms. The van der Waals surface area contributed by atoms with E-state index in [4.69, 9.17) is 19.4 Å². The molecule has 0 fully saturated rings. The number of thiophene rings is 1. The largest absolute Gasteiger partial charge is 0.454 e. The fourth-order valence-electron chi connectivity index (χ4n) is 8.54. The van der Waals surface area contributed by atoms with E-state index < -0.39 is 0 Å². The number of aromatic nitrogens is 4. The molecular weight excluding hydrogens is 717 g/mol. The van der Waals surface area contributed by atoms with Crippen molar-refractivity contribution in [2.24, 2.45) is 0 Å². The zero-order chi connectivity index (χ0) is 37.5. The van der Waals surface area contributed by atoms with E-state index in [9.17, 15) is 0 Å². The van der Waals surface area contributed by atoms with Gasteiger partial charge in [-0.15, -0.1) is 11.3 Å². The molecule has 0 aliphatic carbocycles. The van der Waals surface area contributed by atoms with Crippen LogP contribution in [0.3, 0.4) is 0 Å². The fraction of sp³-hybridized carbons (Fsp3) is 0. The van der Waals surface area contributed by atoms with Crippen molar-refractivity contribution >= 4 is 75.3 Å². The molecule has 0 bridgehead atoms. The number of benzene rings is 8. The van der Waals surface area contributed by atoms with Gasteiger partial charge in [-0.25, -0.2) is 15.0 Å². The molecule has 0 saturated carbocycles. The predicted molar refractivity (Wildman–Crippen MR) is 236 cm³/mol. The van der Waals surface area contributed by atoms with E-state index in [2.05, 4.69) is 126 Å². The number of para-hydroxylation sites is 3. The Balaban J connectivity index is 1.07. The highest BCUT2D eigenvalue weighted by Crippen LogP contribution is 2.46. The third-order valence-electron chi connectivity index (χ3n) is 11.1. The van der Waals surface area contributed by atoms with Crippen LogP contribution >= 0.6 is 11.3 Å². The van der Waals surface area contributed by atoms with Gasteiger partial charge in [-0.3, -0.25) is 0 Å². The molecule has 12 rings (SSSR count). The van der Waals surface area contributed by atoms with Crippen molar-refractivity contribution in [2.75, 3.05) is 0 Å². The van der Waals surface area contributed by atoms with Gasteiger partial charge in [-0.2, -0.15) is 0 Å². The van der Waals surface area contributed by atoms with E-state index in [0.717, 1.165) is 66.5 Å². The van der Waals surface area contributed by atoms with Gasteiger partial charge in [0.2, 0.25) is 0 Å². The van der Waals surface area contributed by atoms with Crippen molar-refractivity contribution in [3.63, 3.8) is 0 Å². The molecule has 0 spiro atoms. The summed E-state index contributed by atoms with van der Waals surface area (Å²) in [5, 5.41) is 7.02. The van der Waals surface area contributed by atoms with Crippen molar-refractivity contribution in [1.82, 2.24) is 19.5 Å². The van der Waals surface area contributed by atoms with Crippen LogP contribution in [0.2, 0.25) is 0 Å². The molecule has 0 saturated heterocycles. The standard InChI is InChI=1S/C51H30N4OS/c1-3-14-31(15-4-1)49-52-50(32-16-5-2-6-17-32)54-51(53-49)33-28-29-44-39(30-33)47-37(21-13-27-45(47)57-44)36-20-12-26-43-46(36)38-22-11-25-42(48(38)56-43)55-40-23-9-7-18-34(40)35-19-8-10-24-41(35)55/h1-30H. The third-order valence-corrected chi connectivity index (χ3v) is 12.2. The molecule has 0 aliphatic rings. The SMILES string of the molecule is c1ccc(-c2nc(-c3ccccc3)nc(-c3ccc4sc5cccc(-c6cccc7oc8c(-n9c%10ccccc%10c%10ccccc%109)cccc8c67)c5c4c3)n2)cc1. The lowest BCUT2D eigenvalue weighted by Crippen LogP contribution is -2.00. The number of hydrogen-bond acceptors (Lipinski definition) is 5. The summed E-state index contributed by atoms with van der Waals surface area (Å²) in [6.07, 6.45) is 0. The lowest BCUT2D eigenvalue weighted by atomic mass is 9.95. The quantitative estimate of drug-likeness (QED) is 0.176. The van der Waals surface area contributed by atoms with Crippen LogP contribution in [0.1, 0.15) is 0 Å². The highest BCUT2D eigenvalue weighted by Gasteiger charge is 2.21. The van der Waals surface area contributed by atoms with Crippen LogP contribution in [0.25, 0.3) is 115 Å². The summed E-state index contributed by atoms with van der Waals surface area (Å²) in [7, 11) is 0. The Morgan fingerprint density at radius 3 is 1.65 bits per heavy atom. The fourth-order valence-corrected chi connectivity index (χ4v) is 9.66. The van der Waals surface area contributed by atoms with Gasteiger partial charge in [0.15, 0.2) is 23.1 Å². The highest BCUT2D eigenvalue weighted by atomic mass is 32.1. The van der Waals surface area contributed by atoms with E-state index in [1.54, 1.807) is 0 Å². The van der Waals surface area contributed by atoms with Crippen LogP contribution in [0, 0.1) is 0 Å². The van der Waals surface area contributed by atoms with E-state index in [1.165, 1.54) is 30.9 Å². The summed E-state index contributed by atoms with van der Waals surface area (Å²) in [6, 6.07) is 63.7. The zero-order valence-electron chi connectivity index (χ0n) is 30.4. The highest BCUT2D eigenvalue weighted by molar-refractivity contribution is 7.26. The second kappa shape index (κ2) is 12.6. The van der Waals surface area contributed by atoms with Crippen LogP contribution in [-0.2, 0) is 0 Å². The number of furan rings is 1. The van der Waals surface area contributed by atoms with Crippen molar-refractivity contribution in [3.8, 4) is 51.0 Å². The molecule has 0 unspecified atom stereocenters. The molecule has 6 heteroatoms. The van der Waals surface area contributed by atoms with Gasteiger partial charge >= 0.3 is 0 Å². The maximum atomic E-state index is 6.88. The molecular formula is C51H30N4OS. The summed E-state index contributed by atoms with van der Waals surface area (Å²) in [5.41, 5.74) is 10.2. The van der Waals surface area contributed by atoms with Crippen molar-refractivity contribution in [3.05, 3.63) is 182 Å². The third kappa shape index (κ3) is 4.98. The first-order chi connectivity index (χ1) is 28.3. The van der Waals surface area contributed by atoms with Crippen molar-refractivity contribution < 1.29 is 4.42 Å². The Morgan fingerprint density at radius 1 is 0.404 bits per heavy atom. The Kier molecular flexibility index (Phi) is 7.03. The lowest BCUT2D eigenvalue weighted by Gasteiger charge is -2.10. The molecule has 0 aliphatic heterocycles. The van der Waals surface area contributed by atoms with Gasteiger partial charge in [0.1, 0.15) is 5.58 Å². The molecule has 0 atom stereocenters. The second-order valence-corrected chi connectivity index (χ2v) is 15.4. The number of fused-ring (bicyclic) bond motifs is 9. The maximum absolute atomic E-state index is 6.88. The summed E-state index contributed by atoms with van der Waals surface area (Å²) >= 11 is 1.81. The average molecular weight is 747 g/mol. The molecule has 266 valence electrons. The zero-order valence-corrected chi connectivity index (χ0v) is 31.2. The molecule has 5 nitrogen and oxygen atoms in total. The first kappa shape index (κ1) is 31.9. The number of rotatable bonds is 5. The van der Waals surface area contributed by atoms with Gasteiger partial charge in [-0.05, 0) is 59.7 Å². The van der Waals surface area contributed by atoms with Crippen LogP contribution in [0.5, 0.6) is 0 Å². The van der Waals surface area contributed by atoms with E-state index in [0.29, 0.717) is 17.5 Å². The molecule has 0 N–H and O–H groups in total. The average Bonchev–Trinajstić information content (AvgIpc) is 3.96. The number of hydrogen-bond donors (Lipinski definition) is 0.